The summed E-state index contributed by atoms with van der Waals surface area (Å²) in [6, 6.07) is 17.5. The number of nitrogens with zero attached hydrogens (tertiary/aromatic N) is 2. The number of piperidine rings is 1. The number of carbonyl (C=O) groups is 2. The molecule has 1 aliphatic carbocycles. The Bertz CT molecular complexity index is 987. The van der Waals surface area contributed by atoms with E-state index in [9.17, 15) is 27.2 Å². The van der Waals surface area contributed by atoms with Crippen molar-refractivity contribution in [2.45, 2.75) is 50.3 Å². The van der Waals surface area contributed by atoms with Gasteiger partial charge in [0.15, 0.2) is 6.30 Å². The number of hydrogen-bond donors (Lipinski definition) is 0. The van der Waals surface area contributed by atoms with Crippen LogP contribution in [0.25, 0.3) is 0 Å². The molecule has 2 aromatic carbocycles. The molecule has 1 saturated carbocycles. The van der Waals surface area contributed by atoms with Gasteiger partial charge in [0.25, 0.3) is 0 Å². The lowest BCUT2D eigenvalue weighted by Gasteiger charge is -2.37. The van der Waals surface area contributed by atoms with E-state index in [-0.39, 0.29) is 38.5 Å². The quantitative estimate of drug-likeness (QED) is 0.420. The zero-order valence-corrected chi connectivity index (χ0v) is 18.5. The van der Waals surface area contributed by atoms with Crippen molar-refractivity contribution in [3.8, 4) is 0 Å². The van der Waals surface area contributed by atoms with Crippen LogP contribution in [-0.2, 0) is 16.1 Å². The maximum atomic E-state index is 14.8. The summed E-state index contributed by atoms with van der Waals surface area (Å²) in [6.45, 7) is -0.178. The minimum absolute atomic E-state index is 0.00272. The van der Waals surface area contributed by atoms with Crippen LogP contribution in [-0.4, -0.2) is 53.4 Å². The zero-order valence-electron chi connectivity index (χ0n) is 18.5. The number of ether oxygens (including phenoxy) is 1. The molecule has 4 atom stereocenters. The highest BCUT2D eigenvalue weighted by Crippen LogP contribution is 2.46. The van der Waals surface area contributed by atoms with Gasteiger partial charge in [-0.05, 0) is 29.9 Å². The molecule has 2 fully saturated rings. The smallest absolute Gasteiger partial charge is 0.444 e. The van der Waals surface area contributed by atoms with E-state index in [1.807, 2.05) is 24.3 Å². The summed E-state index contributed by atoms with van der Waals surface area (Å²) in [6.07, 6.45) is -6.91. The number of amides is 2. The molecule has 1 saturated heterocycles. The lowest BCUT2D eigenvalue weighted by molar-refractivity contribution is -0.187. The van der Waals surface area contributed by atoms with Gasteiger partial charge in [0.05, 0.1) is 0 Å². The van der Waals surface area contributed by atoms with Crippen LogP contribution in [0.2, 0.25) is 0 Å². The number of hydrogen-bond acceptors (Lipinski definition) is 3. The first-order chi connectivity index (χ1) is 16.2. The van der Waals surface area contributed by atoms with Crippen molar-refractivity contribution in [1.82, 2.24) is 9.80 Å². The predicted molar refractivity (Wildman–Crippen MR) is 116 cm³/mol. The molecule has 1 aliphatic heterocycles. The number of alkyl halides is 4. The first-order valence-corrected chi connectivity index (χ1v) is 11.3. The molecule has 0 bridgehead atoms. The fraction of sp³-hybridized carbons (Fsp3) is 0.440. The molecule has 2 aliphatic rings. The molecular weight excluding hydrogens is 452 g/mol. The van der Waals surface area contributed by atoms with E-state index >= 15 is 0 Å². The van der Waals surface area contributed by atoms with Crippen molar-refractivity contribution in [2.24, 2.45) is 5.92 Å². The van der Waals surface area contributed by atoms with Crippen LogP contribution < -0.4 is 0 Å². The fourth-order valence-electron chi connectivity index (χ4n) is 4.55. The summed E-state index contributed by atoms with van der Waals surface area (Å²) >= 11 is 0. The van der Waals surface area contributed by atoms with Crippen molar-refractivity contribution in [1.29, 1.82) is 0 Å². The first-order valence-electron chi connectivity index (χ1n) is 11.3. The highest BCUT2D eigenvalue weighted by Gasteiger charge is 2.52. The number of rotatable bonds is 6. The summed E-state index contributed by atoms with van der Waals surface area (Å²) < 4.78 is 59.9. The minimum atomic E-state index is -5.00. The van der Waals surface area contributed by atoms with E-state index in [4.69, 9.17) is 4.74 Å². The highest BCUT2D eigenvalue weighted by atomic mass is 19.4. The third-order valence-electron chi connectivity index (χ3n) is 6.43. The van der Waals surface area contributed by atoms with Crippen LogP contribution in [0.15, 0.2) is 60.7 Å². The van der Waals surface area contributed by atoms with Crippen LogP contribution >= 0.6 is 0 Å². The monoisotopic (exact) mass is 478 g/mol. The van der Waals surface area contributed by atoms with Crippen molar-refractivity contribution in [3.05, 3.63) is 71.8 Å². The molecule has 0 radical (unpaired) electrons. The minimum Gasteiger partial charge on any atom is -0.444 e. The van der Waals surface area contributed by atoms with Crippen molar-refractivity contribution >= 4 is 12.0 Å². The fourth-order valence-corrected chi connectivity index (χ4v) is 4.55. The van der Waals surface area contributed by atoms with E-state index < -0.39 is 36.4 Å². The van der Waals surface area contributed by atoms with Gasteiger partial charge in [-0.3, -0.25) is 9.69 Å². The molecule has 4 rings (SSSR count). The molecule has 0 aromatic heterocycles. The highest BCUT2D eigenvalue weighted by molar-refractivity contribution is 5.82. The van der Waals surface area contributed by atoms with E-state index in [2.05, 4.69) is 0 Å². The van der Waals surface area contributed by atoms with E-state index in [0.717, 1.165) is 20.9 Å². The van der Waals surface area contributed by atoms with Crippen LogP contribution in [0, 0.1) is 5.92 Å². The van der Waals surface area contributed by atoms with Gasteiger partial charge in [0, 0.05) is 31.5 Å². The van der Waals surface area contributed by atoms with Crippen molar-refractivity contribution < 1.29 is 31.9 Å². The molecule has 0 spiro atoms. The van der Waals surface area contributed by atoms with E-state index in [1.165, 1.54) is 0 Å². The average Bonchev–Trinajstić information content (AvgIpc) is 3.62. The zero-order chi connectivity index (χ0) is 24.3. The maximum Gasteiger partial charge on any atom is 0.471 e. The molecule has 1 heterocycles. The van der Waals surface area contributed by atoms with E-state index in [0.29, 0.717) is 6.42 Å². The lowest BCUT2D eigenvalue weighted by atomic mass is 9.95. The lowest BCUT2D eigenvalue weighted by Crippen LogP contribution is -2.49. The summed E-state index contributed by atoms with van der Waals surface area (Å²) in [5, 5.41) is 0. The Morgan fingerprint density at radius 3 is 2.26 bits per heavy atom. The second-order valence-corrected chi connectivity index (χ2v) is 8.83. The molecule has 9 heteroatoms. The third-order valence-corrected chi connectivity index (χ3v) is 6.43. The normalized spacial score (nSPS) is 24.4. The summed E-state index contributed by atoms with van der Waals surface area (Å²) in [5.74, 6) is -2.55. The SMILES string of the molecule is O=C(OCc1ccccc1)N1CCC(CN(C(=O)C(F)(F)F)[C@@H]2C[C@H]2c2ccccc2)CC1F. The van der Waals surface area contributed by atoms with Gasteiger partial charge < -0.3 is 9.64 Å². The Morgan fingerprint density at radius 2 is 1.65 bits per heavy atom. The van der Waals surface area contributed by atoms with Crippen molar-refractivity contribution in [3.63, 3.8) is 0 Å². The molecule has 0 N–H and O–H groups in total. The van der Waals surface area contributed by atoms with Crippen LogP contribution in [0.4, 0.5) is 22.4 Å². The topological polar surface area (TPSA) is 49.9 Å². The molecular formula is C25H26F4N2O3. The van der Waals surface area contributed by atoms with Crippen LogP contribution in [0.3, 0.4) is 0 Å². The average molecular weight is 478 g/mol. The van der Waals surface area contributed by atoms with Gasteiger partial charge >= 0.3 is 18.2 Å². The van der Waals surface area contributed by atoms with Crippen molar-refractivity contribution in [2.75, 3.05) is 13.1 Å². The number of carbonyl (C=O) groups excluding carboxylic acids is 2. The maximum absolute atomic E-state index is 14.8. The summed E-state index contributed by atoms with van der Waals surface area (Å²) in [5.41, 5.74) is 1.65. The summed E-state index contributed by atoms with van der Waals surface area (Å²) in [7, 11) is 0. The Balaban J connectivity index is 1.35. The Kier molecular flexibility index (Phi) is 7.09. The molecule has 2 aromatic rings. The number of benzene rings is 2. The molecule has 34 heavy (non-hydrogen) atoms. The third kappa shape index (κ3) is 5.69. The van der Waals surface area contributed by atoms with Gasteiger partial charge in [-0.15, -0.1) is 0 Å². The number of likely N-dealkylation sites (tertiary alicyclic amines) is 1. The molecule has 5 nitrogen and oxygen atoms in total. The van der Waals surface area contributed by atoms with E-state index in [1.54, 1.807) is 36.4 Å². The Morgan fingerprint density at radius 1 is 1.00 bits per heavy atom. The number of halogens is 4. The van der Waals surface area contributed by atoms with Gasteiger partial charge in [-0.25, -0.2) is 9.18 Å². The summed E-state index contributed by atoms with van der Waals surface area (Å²) in [4.78, 5) is 26.3. The Labute approximate surface area is 195 Å². The second kappa shape index (κ2) is 10.0. The van der Waals surface area contributed by atoms with Gasteiger partial charge in [-0.1, -0.05) is 60.7 Å². The van der Waals surface area contributed by atoms with Crippen LogP contribution in [0.5, 0.6) is 0 Å². The standard InChI is InChI=1S/C25H26F4N2O3/c26-22-13-18(11-12-30(22)24(33)34-16-17-7-3-1-4-8-17)15-31(23(32)25(27,28)29)21-14-20(21)19-9-5-2-6-10-19/h1-10,18,20-22H,11-16H2/t18?,20-,21+,22?/m0/s1. The first kappa shape index (κ1) is 24.0. The van der Waals surface area contributed by atoms with Gasteiger partial charge in [-0.2, -0.15) is 13.2 Å². The predicted octanol–water partition coefficient (Wildman–Crippen LogP) is 5.28. The van der Waals surface area contributed by atoms with Gasteiger partial charge in [0.1, 0.15) is 6.61 Å². The molecule has 182 valence electrons. The second-order valence-electron chi connectivity index (χ2n) is 8.83. The molecule has 2 unspecified atom stereocenters. The largest absolute Gasteiger partial charge is 0.471 e. The van der Waals surface area contributed by atoms with Crippen LogP contribution in [0.1, 0.15) is 36.3 Å². The van der Waals surface area contributed by atoms with Gasteiger partial charge in [0.2, 0.25) is 0 Å². The Hall–Kier alpha value is -3.10. The molecule has 2 amide bonds.